The van der Waals surface area contributed by atoms with E-state index < -0.39 is 11.1 Å². The normalized spacial score (nSPS) is 14.7. The number of H-pyrrole nitrogens is 1. The number of amides is 1. The molecule has 1 aliphatic carbocycles. The van der Waals surface area contributed by atoms with Gasteiger partial charge in [0.2, 0.25) is 5.91 Å². The Morgan fingerprint density at radius 2 is 2.11 bits per heavy atom. The monoisotopic (exact) mass is 403 g/mol. The Morgan fingerprint density at radius 1 is 1.33 bits per heavy atom. The van der Waals surface area contributed by atoms with E-state index in [1.807, 2.05) is 0 Å². The van der Waals surface area contributed by atoms with E-state index in [1.165, 1.54) is 17.0 Å². The van der Waals surface area contributed by atoms with E-state index in [2.05, 4.69) is 15.3 Å². The largest absolute Gasteiger partial charge is 0.323 e. The molecule has 2 aromatic heterocycles. The average molecular weight is 404 g/mol. The van der Waals surface area contributed by atoms with Gasteiger partial charge in [-0.3, -0.25) is 9.59 Å². The van der Waals surface area contributed by atoms with Crippen LogP contribution in [0.1, 0.15) is 30.2 Å². The first-order chi connectivity index (χ1) is 13.0. The van der Waals surface area contributed by atoms with E-state index in [4.69, 9.17) is 0 Å². The van der Waals surface area contributed by atoms with Gasteiger partial charge in [-0.15, -0.1) is 11.3 Å². The topological polar surface area (TPSA) is 74.8 Å². The molecule has 140 valence electrons. The zero-order chi connectivity index (χ0) is 19.0. The zero-order valence-electron chi connectivity index (χ0n) is 14.7. The maximum atomic E-state index is 13.7. The SMILES string of the molecule is CC(Sc1nc2sc3c(c2c(=O)[nH]1)CCCC3)C(=O)Nc1ccccc1F. The fraction of sp³-hybridized carbons (Fsp3) is 0.316. The minimum atomic E-state index is -0.542. The Bertz CT molecular complexity index is 1080. The van der Waals surface area contributed by atoms with Gasteiger partial charge in [0.25, 0.3) is 5.56 Å². The molecule has 0 bridgehead atoms. The Kier molecular flexibility index (Phi) is 5.01. The summed E-state index contributed by atoms with van der Waals surface area (Å²) in [6.07, 6.45) is 4.17. The molecule has 1 atom stereocenters. The number of halogens is 1. The summed E-state index contributed by atoms with van der Waals surface area (Å²) >= 11 is 2.73. The van der Waals surface area contributed by atoms with Gasteiger partial charge in [0.05, 0.1) is 16.3 Å². The maximum Gasteiger partial charge on any atom is 0.260 e. The van der Waals surface area contributed by atoms with E-state index in [9.17, 15) is 14.0 Å². The molecule has 0 saturated heterocycles. The molecule has 1 aliphatic rings. The van der Waals surface area contributed by atoms with Crippen molar-refractivity contribution in [3.63, 3.8) is 0 Å². The highest BCUT2D eigenvalue weighted by atomic mass is 32.2. The Hall–Kier alpha value is -2.19. The van der Waals surface area contributed by atoms with Crippen LogP contribution in [-0.2, 0) is 17.6 Å². The van der Waals surface area contributed by atoms with Gasteiger partial charge in [-0.25, -0.2) is 9.37 Å². The number of carbonyl (C=O) groups is 1. The van der Waals surface area contributed by atoms with Crippen LogP contribution in [0.25, 0.3) is 10.2 Å². The standard InChI is InChI=1S/C19H18FN3O2S2/c1-10(16(24)21-13-8-4-3-7-12(13)20)26-19-22-17(25)15-11-6-2-5-9-14(11)27-18(15)23-19/h3-4,7-8,10H,2,5-6,9H2,1H3,(H,21,24)(H,22,23,25). The lowest BCUT2D eigenvalue weighted by molar-refractivity contribution is -0.115. The van der Waals surface area contributed by atoms with Gasteiger partial charge >= 0.3 is 0 Å². The second-order valence-electron chi connectivity index (χ2n) is 6.49. The van der Waals surface area contributed by atoms with Crippen molar-refractivity contribution in [2.75, 3.05) is 5.32 Å². The van der Waals surface area contributed by atoms with E-state index in [-0.39, 0.29) is 17.2 Å². The van der Waals surface area contributed by atoms with E-state index >= 15 is 0 Å². The fourth-order valence-corrected chi connectivity index (χ4v) is 5.33. The Balaban J connectivity index is 1.55. The van der Waals surface area contributed by atoms with Gasteiger partial charge in [-0.1, -0.05) is 23.9 Å². The van der Waals surface area contributed by atoms with Crippen LogP contribution in [0.15, 0.2) is 34.2 Å². The Labute approximate surface area is 163 Å². The van der Waals surface area contributed by atoms with Gasteiger partial charge in [0.1, 0.15) is 10.6 Å². The lowest BCUT2D eigenvalue weighted by Crippen LogP contribution is -2.23. The molecular weight excluding hydrogens is 385 g/mol. The number of nitrogens with zero attached hydrogens (tertiary/aromatic N) is 1. The number of thioether (sulfide) groups is 1. The van der Waals surface area contributed by atoms with Crippen LogP contribution >= 0.6 is 23.1 Å². The second kappa shape index (κ2) is 7.44. The first-order valence-corrected chi connectivity index (χ1v) is 10.5. The number of aryl methyl sites for hydroxylation is 2. The summed E-state index contributed by atoms with van der Waals surface area (Å²) in [5.74, 6) is -0.835. The number of benzene rings is 1. The van der Waals surface area contributed by atoms with Crippen LogP contribution in [0.3, 0.4) is 0 Å². The number of fused-ring (bicyclic) bond motifs is 3. The summed E-state index contributed by atoms with van der Waals surface area (Å²) in [4.78, 5) is 34.3. The van der Waals surface area contributed by atoms with Crippen LogP contribution in [0, 0.1) is 5.82 Å². The number of hydrogen-bond donors (Lipinski definition) is 2. The van der Waals surface area contributed by atoms with E-state index in [0.717, 1.165) is 47.8 Å². The van der Waals surface area contributed by atoms with Crippen molar-refractivity contribution in [2.24, 2.45) is 0 Å². The molecule has 0 radical (unpaired) electrons. The number of hydrogen-bond acceptors (Lipinski definition) is 5. The number of para-hydroxylation sites is 1. The number of thiophene rings is 1. The lowest BCUT2D eigenvalue weighted by atomic mass is 9.97. The smallest absolute Gasteiger partial charge is 0.260 e. The molecule has 1 aromatic carbocycles. The van der Waals surface area contributed by atoms with Gasteiger partial charge in [0.15, 0.2) is 5.16 Å². The van der Waals surface area contributed by atoms with Crippen LogP contribution in [0.4, 0.5) is 10.1 Å². The maximum absolute atomic E-state index is 13.7. The third kappa shape index (κ3) is 3.64. The molecule has 5 nitrogen and oxygen atoms in total. The van der Waals surface area contributed by atoms with Crippen molar-refractivity contribution in [2.45, 2.75) is 43.0 Å². The molecule has 1 unspecified atom stereocenters. The van der Waals surface area contributed by atoms with Crippen molar-refractivity contribution >= 4 is 44.9 Å². The third-order valence-corrected chi connectivity index (χ3v) is 6.76. The predicted molar refractivity (Wildman–Crippen MR) is 107 cm³/mol. The predicted octanol–water partition coefficient (Wildman–Crippen LogP) is 4.12. The minimum absolute atomic E-state index is 0.137. The summed E-state index contributed by atoms with van der Waals surface area (Å²) in [6, 6.07) is 6.02. The highest BCUT2D eigenvalue weighted by molar-refractivity contribution is 8.00. The molecule has 0 saturated carbocycles. The van der Waals surface area contributed by atoms with Crippen molar-refractivity contribution in [3.8, 4) is 0 Å². The summed E-state index contributed by atoms with van der Waals surface area (Å²) < 4.78 is 13.7. The van der Waals surface area contributed by atoms with E-state index in [0.29, 0.717) is 10.5 Å². The average Bonchev–Trinajstić information content (AvgIpc) is 3.02. The first-order valence-electron chi connectivity index (χ1n) is 8.79. The highest BCUT2D eigenvalue weighted by Crippen LogP contribution is 2.34. The van der Waals surface area contributed by atoms with Crippen molar-refractivity contribution < 1.29 is 9.18 Å². The summed E-state index contributed by atoms with van der Waals surface area (Å²) in [5.41, 5.74) is 1.12. The molecule has 2 N–H and O–H groups in total. The van der Waals surface area contributed by atoms with Crippen LogP contribution in [0.2, 0.25) is 0 Å². The number of anilines is 1. The van der Waals surface area contributed by atoms with Gasteiger partial charge in [-0.2, -0.15) is 0 Å². The second-order valence-corrected chi connectivity index (χ2v) is 8.90. The van der Waals surface area contributed by atoms with Crippen LogP contribution in [0.5, 0.6) is 0 Å². The molecule has 4 rings (SSSR count). The molecule has 27 heavy (non-hydrogen) atoms. The lowest BCUT2D eigenvalue weighted by Gasteiger charge is -2.12. The number of aromatic amines is 1. The van der Waals surface area contributed by atoms with Crippen molar-refractivity contribution in [1.29, 1.82) is 0 Å². The third-order valence-electron chi connectivity index (χ3n) is 4.59. The summed E-state index contributed by atoms with van der Waals surface area (Å²) in [6.45, 7) is 1.70. The number of aromatic nitrogens is 2. The Morgan fingerprint density at radius 3 is 2.93 bits per heavy atom. The van der Waals surface area contributed by atoms with Crippen molar-refractivity contribution in [1.82, 2.24) is 9.97 Å². The molecule has 8 heteroatoms. The molecule has 2 heterocycles. The molecule has 3 aromatic rings. The first kappa shape index (κ1) is 18.2. The van der Waals surface area contributed by atoms with Crippen molar-refractivity contribution in [3.05, 3.63) is 50.9 Å². The summed E-state index contributed by atoms with van der Waals surface area (Å²) in [5, 5.41) is 3.13. The number of rotatable bonds is 4. The highest BCUT2D eigenvalue weighted by Gasteiger charge is 2.22. The zero-order valence-corrected chi connectivity index (χ0v) is 16.3. The van der Waals surface area contributed by atoms with Gasteiger partial charge < -0.3 is 10.3 Å². The summed E-state index contributed by atoms with van der Waals surface area (Å²) in [7, 11) is 0. The van der Waals surface area contributed by atoms with Gasteiger partial charge in [0, 0.05) is 4.88 Å². The minimum Gasteiger partial charge on any atom is -0.323 e. The van der Waals surface area contributed by atoms with Gasteiger partial charge in [-0.05, 0) is 50.3 Å². The van der Waals surface area contributed by atoms with Crippen LogP contribution < -0.4 is 10.9 Å². The molecular formula is C19H18FN3O2S2. The molecule has 0 spiro atoms. The van der Waals surface area contributed by atoms with E-state index in [1.54, 1.807) is 30.4 Å². The molecule has 1 amide bonds. The fourth-order valence-electron chi connectivity index (χ4n) is 3.22. The van der Waals surface area contributed by atoms with Crippen LogP contribution in [-0.4, -0.2) is 21.1 Å². The molecule has 0 aliphatic heterocycles. The molecule has 0 fully saturated rings. The number of nitrogens with one attached hydrogen (secondary N) is 2. The quantitative estimate of drug-likeness (QED) is 0.508. The number of carbonyl (C=O) groups excluding carboxylic acids is 1.